The van der Waals surface area contributed by atoms with Crippen LogP contribution in [0.3, 0.4) is 0 Å². The number of allylic oxidation sites excluding steroid dienone is 1. The molecule has 1 aliphatic rings. The van der Waals surface area contributed by atoms with Gasteiger partial charge in [-0.25, -0.2) is 4.79 Å². The van der Waals surface area contributed by atoms with E-state index < -0.39 is 6.04 Å². The summed E-state index contributed by atoms with van der Waals surface area (Å²) in [7, 11) is 1.62. The highest BCUT2D eigenvalue weighted by Crippen LogP contribution is 2.37. The second kappa shape index (κ2) is 8.66. The summed E-state index contributed by atoms with van der Waals surface area (Å²) in [6.45, 7) is 2.17. The average Bonchev–Trinajstić information content (AvgIpc) is 3.54. The predicted molar refractivity (Wildman–Crippen MR) is 121 cm³/mol. The molecule has 0 saturated heterocycles. The molecule has 0 aliphatic carbocycles. The van der Waals surface area contributed by atoms with Crippen LogP contribution in [0.25, 0.3) is 17.0 Å². The summed E-state index contributed by atoms with van der Waals surface area (Å²) in [5, 5.41) is 7.27. The topological polar surface area (TPSA) is 93.6 Å². The second-order valence-corrected chi connectivity index (χ2v) is 7.61. The summed E-state index contributed by atoms with van der Waals surface area (Å²) < 4.78 is 16.4. The predicted octanol–water partition coefficient (Wildman–Crippen LogP) is 5.04. The van der Waals surface area contributed by atoms with Crippen LogP contribution in [0.5, 0.6) is 5.75 Å². The summed E-state index contributed by atoms with van der Waals surface area (Å²) in [6.07, 6.45) is 1.59. The van der Waals surface area contributed by atoms with Gasteiger partial charge in [0.05, 0.1) is 31.5 Å². The first-order valence-corrected chi connectivity index (χ1v) is 10.5. The second-order valence-electron chi connectivity index (χ2n) is 7.61. The van der Waals surface area contributed by atoms with Crippen LogP contribution in [-0.2, 0) is 6.54 Å². The van der Waals surface area contributed by atoms with Gasteiger partial charge in [-0.05, 0) is 48.9 Å². The highest BCUT2D eigenvalue weighted by Gasteiger charge is 2.36. The Morgan fingerprint density at radius 3 is 2.55 bits per heavy atom. The highest BCUT2D eigenvalue weighted by atomic mass is 16.5. The number of carbonyl (C=O) groups is 1. The van der Waals surface area contributed by atoms with Gasteiger partial charge < -0.3 is 19.0 Å². The van der Waals surface area contributed by atoms with Crippen molar-refractivity contribution in [1.82, 2.24) is 20.4 Å². The normalized spacial score (nSPS) is 16.1. The fourth-order valence-electron chi connectivity index (χ4n) is 3.89. The summed E-state index contributed by atoms with van der Waals surface area (Å²) in [5.74, 6) is 2.21. The molecule has 33 heavy (non-hydrogen) atoms. The van der Waals surface area contributed by atoms with Crippen molar-refractivity contribution in [2.75, 3.05) is 7.11 Å². The Balaban J connectivity index is 1.57. The van der Waals surface area contributed by atoms with Gasteiger partial charge in [-0.2, -0.15) is 4.98 Å². The number of hydrogen-bond acceptors (Lipinski definition) is 6. The number of furan rings is 1. The van der Waals surface area contributed by atoms with Crippen molar-refractivity contribution in [1.29, 1.82) is 0 Å². The van der Waals surface area contributed by atoms with Crippen LogP contribution in [0, 0.1) is 0 Å². The number of urea groups is 1. The van der Waals surface area contributed by atoms with Gasteiger partial charge in [0.1, 0.15) is 11.5 Å². The zero-order valence-electron chi connectivity index (χ0n) is 18.2. The number of amides is 2. The molecule has 0 bridgehead atoms. The van der Waals surface area contributed by atoms with E-state index in [9.17, 15) is 4.79 Å². The minimum Gasteiger partial charge on any atom is -0.497 e. The summed E-state index contributed by atoms with van der Waals surface area (Å²) in [4.78, 5) is 19.3. The SMILES string of the molecule is COc1ccc(-c2noc(C3=C(C)N(Cc4ccco4)C(=O)NC3c3ccccc3)n2)cc1. The van der Waals surface area contributed by atoms with E-state index in [1.165, 1.54) is 0 Å². The molecular weight excluding hydrogens is 420 g/mol. The maximum absolute atomic E-state index is 13.0. The van der Waals surface area contributed by atoms with Gasteiger partial charge in [0, 0.05) is 11.3 Å². The molecule has 166 valence electrons. The lowest BCUT2D eigenvalue weighted by Crippen LogP contribution is -2.45. The van der Waals surface area contributed by atoms with E-state index in [0.29, 0.717) is 23.2 Å². The molecule has 3 heterocycles. The fourth-order valence-corrected chi connectivity index (χ4v) is 3.89. The molecule has 2 aromatic carbocycles. The van der Waals surface area contributed by atoms with Crippen molar-refractivity contribution in [2.45, 2.75) is 19.5 Å². The number of benzene rings is 2. The van der Waals surface area contributed by atoms with E-state index in [0.717, 1.165) is 22.4 Å². The maximum Gasteiger partial charge on any atom is 0.322 e. The molecule has 0 spiro atoms. The molecule has 2 aromatic heterocycles. The molecule has 5 rings (SSSR count). The number of ether oxygens (including phenoxy) is 1. The van der Waals surface area contributed by atoms with Gasteiger partial charge in [-0.15, -0.1) is 0 Å². The Kier molecular flexibility index (Phi) is 5.40. The molecule has 1 atom stereocenters. The summed E-state index contributed by atoms with van der Waals surface area (Å²) in [6, 6.07) is 20.1. The highest BCUT2D eigenvalue weighted by molar-refractivity contribution is 5.86. The zero-order valence-corrected chi connectivity index (χ0v) is 18.2. The van der Waals surface area contributed by atoms with Crippen LogP contribution < -0.4 is 10.1 Å². The number of nitrogens with one attached hydrogen (secondary N) is 1. The molecule has 4 aromatic rings. The molecular formula is C25H22N4O4. The van der Waals surface area contributed by atoms with Gasteiger partial charge in [0.2, 0.25) is 5.82 Å². The van der Waals surface area contributed by atoms with Crippen molar-refractivity contribution in [2.24, 2.45) is 0 Å². The number of aromatic nitrogens is 2. The monoisotopic (exact) mass is 442 g/mol. The van der Waals surface area contributed by atoms with E-state index in [-0.39, 0.29) is 12.6 Å². The van der Waals surface area contributed by atoms with E-state index in [1.54, 1.807) is 24.3 Å². The quantitative estimate of drug-likeness (QED) is 0.450. The number of hydrogen-bond donors (Lipinski definition) is 1. The molecule has 2 amide bonds. The molecule has 1 unspecified atom stereocenters. The Morgan fingerprint density at radius 2 is 1.85 bits per heavy atom. The van der Waals surface area contributed by atoms with Crippen LogP contribution >= 0.6 is 0 Å². The lowest BCUT2D eigenvalue weighted by Gasteiger charge is -2.34. The van der Waals surface area contributed by atoms with Crippen LogP contribution in [-0.4, -0.2) is 28.2 Å². The first-order chi connectivity index (χ1) is 16.1. The van der Waals surface area contributed by atoms with Gasteiger partial charge in [0.15, 0.2) is 0 Å². The minimum absolute atomic E-state index is 0.226. The Labute approximate surface area is 190 Å². The Bertz CT molecular complexity index is 1280. The lowest BCUT2D eigenvalue weighted by molar-refractivity contribution is 0.199. The van der Waals surface area contributed by atoms with Crippen molar-refractivity contribution in [3.05, 3.63) is 95.9 Å². The van der Waals surface area contributed by atoms with Crippen molar-refractivity contribution in [3.8, 4) is 17.1 Å². The number of rotatable bonds is 6. The average molecular weight is 442 g/mol. The largest absolute Gasteiger partial charge is 0.497 e. The third-order valence-corrected chi connectivity index (χ3v) is 5.63. The molecule has 1 N–H and O–H groups in total. The first kappa shape index (κ1) is 20.6. The Hall–Kier alpha value is -4.33. The zero-order chi connectivity index (χ0) is 22.8. The summed E-state index contributed by atoms with van der Waals surface area (Å²) >= 11 is 0. The molecule has 1 aliphatic heterocycles. The maximum atomic E-state index is 13.0. The van der Waals surface area contributed by atoms with E-state index in [4.69, 9.17) is 13.7 Å². The van der Waals surface area contributed by atoms with Crippen LogP contribution in [0.4, 0.5) is 4.79 Å². The Morgan fingerprint density at radius 1 is 1.06 bits per heavy atom. The first-order valence-electron chi connectivity index (χ1n) is 10.5. The summed E-state index contributed by atoms with van der Waals surface area (Å²) in [5.41, 5.74) is 3.17. The van der Waals surface area contributed by atoms with Crippen LogP contribution in [0.2, 0.25) is 0 Å². The molecule has 0 saturated carbocycles. The standard InChI is InChI=1S/C25H22N4O4/c1-16-21(24-27-23(28-33-24)18-10-12-19(31-2)13-11-18)22(17-7-4-3-5-8-17)26-25(30)29(16)15-20-9-6-14-32-20/h3-14,22H,15H2,1-2H3,(H,26,30). The van der Waals surface area contributed by atoms with Crippen LogP contribution in [0.15, 0.2) is 87.6 Å². The third-order valence-electron chi connectivity index (χ3n) is 5.63. The van der Waals surface area contributed by atoms with Crippen molar-refractivity contribution < 1.29 is 18.5 Å². The lowest BCUT2D eigenvalue weighted by atomic mass is 9.94. The molecule has 8 nitrogen and oxygen atoms in total. The van der Waals surface area contributed by atoms with Crippen molar-refractivity contribution >= 4 is 11.6 Å². The van der Waals surface area contributed by atoms with E-state index in [2.05, 4.69) is 15.5 Å². The number of carbonyl (C=O) groups excluding carboxylic acids is 1. The van der Waals surface area contributed by atoms with Gasteiger partial charge in [-0.3, -0.25) is 4.90 Å². The smallest absolute Gasteiger partial charge is 0.322 e. The number of nitrogens with zero attached hydrogens (tertiary/aromatic N) is 3. The fraction of sp³-hybridized carbons (Fsp3) is 0.160. The molecule has 0 fully saturated rings. The van der Waals surface area contributed by atoms with Gasteiger partial charge in [-0.1, -0.05) is 35.5 Å². The minimum atomic E-state index is -0.435. The third kappa shape index (κ3) is 3.98. The van der Waals surface area contributed by atoms with Gasteiger partial charge in [0.25, 0.3) is 5.89 Å². The molecule has 0 radical (unpaired) electrons. The molecule has 8 heteroatoms. The van der Waals surface area contributed by atoms with Gasteiger partial charge >= 0.3 is 6.03 Å². The van der Waals surface area contributed by atoms with E-state index in [1.807, 2.05) is 67.6 Å². The van der Waals surface area contributed by atoms with Crippen LogP contribution in [0.1, 0.15) is 30.2 Å². The number of methoxy groups -OCH3 is 1. The van der Waals surface area contributed by atoms with Crippen molar-refractivity contribution in [3.63, 3.8) is 0 Å². The van der Waals surface area contributed by atoms with E-state index >= 15 is 0 Å².